The van der Waals surface area contributed by atoms with Crippen LogP contribution in [0, 0.1) is 0 Å². The Bertz CT molecular complexity index is 887. The number of carbonyl (C=O) groups is 1. The quantitative estimate of drug-likeness (QED) is 0.647. The minimum atomic E-state index is -0.260. The molecule has 1 amide bonds. The van der Waals surface area contributed by atoms with E-state index in [4.69, 9.17) is 20.8 Å². The van der Waals surface area contributed by atoms with Crippen molar-refractivity contribution in [1.29, 1.82) is 0 Å². The molecule has 126 valence electrons. The van der Waals surface area contributed by atoms with Crippen molar-refractivity contribution < 1.29 is 13.9 Å². The molecule has 0 bridgehead atoms. The van der Waals surface area contributed by atoms with Gasteiger partial charge in [0.25, 0.3) is 5.91 Å². The number of carbonyl (C=O) groups excluding carboxylic acids is 1. The highest BCUT2D eigenvalue weighted by molar-refractivity contribution is 6.33. The topological polar surface area (TPSA) is 51.5 Å². The highest BCUT2D eigenvalue weighted by atomic mass is 35.5. The zero-order chi connectivity index (χ0) is 17.6. The van der Waals surface area contributed by atoms with Crippen molar-refractivity contribution in [2.45, 2.75) is 0 Å². The molecule has 1 heterocycles. The predicted octanol–water partition coefficient (Wildman–Crippen LogP) is 5.12. The fourth-order valence-electron chi connectivity index (χ4n) is 2.36. The van der Waals surface area contributed by atoms with Gasteiger partial charge in [0, 0.05) is 5.69 Å². The van der Waals surface area contributed by atoms with E-state index in [1.54, 1.807) is 49.8 Å². The van der Waals surface area contributed by atoms with Crippen LogP contribution in [-0.2, 0) is 4.79 Å². The van der Waals surface area contributed by atoms with E-state index in [2.05, 4.69) is 5.32 Å². The maximum atomic E-state index is 12.8. The number of hydrogen-bond donors (Lipinski definition) is 1. The van der Waals surface area contributed by atoms with Crippen LogP contribution in [-0.4, -0.2) is 13.0 Å². The minimum absolute atomic E-state index is 0.260. The van der Waals surface area contributed by atoms with Gasteiger partial charge in [-0.25, -0.2) is 0 Å². The van der Waals surface area contributed by atoms with Gasteiger partial charge in [-0.05, 0) is 42.0 Å². The second-order valence-corrected chi connectivity index (χ2v) is 5.65. The third-order valence-electron chi connectivity index (χ3n) is 3.57. The summed E-state index contributed by atoms with van der Waals surface area (Å²) in [6.07, 6.45) is 3.27. The molecular weight excluding hydrogens is 338 g/mol. The maximum Gasteiger partial charge on any atom is 0.256 e. The van der Waals surface area contributed by atoms with Gasteiger partial charge in [-0.15, -0.1) is 0 Å². The Hall–Kier alpha value is -2.98. The number of anilines is 1. The standard InChI is InChI=1S/C20H16ClNO3/c1-24-19-10-9-15(12-18(19)21)22-20(23)17(13-16-8-5-11-25-16)14-6-3-2-4-7-14/h2-13H,1H3,(H,22,23)/b17-13+. The molecule has 0 fully saturated rings. The minimum Gasteiger partial charge on any atom is -0.495 e. The van der Waals surface area contributed by atoms with Crippen LogP contribution in [0.5, 0.6) is 5.75 Å². The number of rotatable bonds is 5. The molecule has 0 aliphatic rings. The molecule has 3 rings (SSSR count). The Balaban J connectivity index is 1.91. The molecule has 0 unspecified atom stereocenters. The molecular formula is C20H16ClNO3. The molecule has 0 aliphatic heterocycles. The van der Waals surface area contributed by atoms with Gasteiger partial charge in [-0.1, -0.05) is 41.9 Å². The first-order chi connectivity index (χ1) is 12.2. The molecule has 5 heteroatoms. The molecule has 0 saturated carbocycles. The van der Waals surface area contributed by atoms with Crippen LogP contribution >= 0.6 is 11.6 Å². The van der Waals surface area contributed by atoms with Crippen molar-refractivity contribution in [3.63, 3.8) is 0 Å². The average molecular weight is 354 g/mol. The van der Waals surface area contributed by atoms with Crippen LogP contribution in [0.4, 0.5) is 5.69 Å². The van der Waals surface area contributed by atoms with E-state index >= 15 is 0 Å². The lowest BCUT2D eigenvalue weighted by molar-refractivity contribution is -0.111. The van der Waals surface area contributed by atoms with Crippen molar-refractivity contribution in [2.24, 2.45) is 0 Å². The van der Waals surface area contributed by atoms with E-state index in [1.165, 1.54) is 0 Å². The monoisotopic (exact) mass is 353 g/mol. The van der Waals surface area contributed by atoms with Crippen LogP contribution in [0.15, 0.2) is 71.3 Å². The molecule has 4 nitrogen and oxygen atoms in total. The van der Waals surface area contributed by atoms with Gasteiger partial charge in [0.1, 0.15) is 11.5 Å². The zero-order valence-electron chi connectivity index (χ0n) is 13.5. The summed E-state index contributed by atoms with van der Waals surface area (Å²) >= 11 is 6.12. The fraction of sp³-hybridized carbons (Fsp3) is 0.0500. The average Bonchev–Trinajstić information content (AvgIpc) is 3.14. The van der Waals surface area contributed by atoms with E-state index in [9.17, 15) is 4.79 Å². The summed E-state index contributed by atoms with van der Waals surface area (Å²) in [7, 11) is 1.54. The number of halogens is 1. The van der Waals surface area contributed by atoms with Crippen molar-refractivity contribution in [1.82, 2.24) is 0 Å². The van der Waals surface area contributed by atoms with E-state index < -0.39 is 0 Å². The largest absolute Gasteiger partial charge is 0.495 e. The lowest BCUT2D eigenvalue weighted by atomic mass is 10.0. The second kappa shape index (κ2) is 7.73. The van der Waals surface area contributed by atoms with Gasteiger partial charge in [-0.3, -0.25) is 4.79 Å². The lowest BCUT2D eigenvalue weighted by Crippen LogP contribution is -2.13. The Morgan fingerprint density at radius 2 is 1.92 bits per heavy atom. The predicted molar refractivity (Wildman–Crippen MR) is 99.7 cm³/mol. The molecule has 3 aromatic rings. The summed E-state index contributed by atoms with van der Waals surface area (Å²) in [5.41, 5.74) is 1.86. The van der Waals surface area contributed by atoms with Crippen molar-refractivity contribution in [3.8, 4) is 5.75 Å². The molecule has 2 aromatic carbocycles. The summed E-state index contributed by atoms with van der Waals surface area (Å²) in [5, 5.41) is 3.28. The summed E-state index contributed by atoms with van der Waals surface area (Å²) in [6, 6.07) is 18.0. The van der Waals surface area contributed by atoms with Gasteiger partial charge in [0.2, 0.25) is 0 Å². The Morgan fingerprint density at radius 3 is 2.56 bits per heavy atom. The number of methoxy groups -OCH3 is 1. The van der Waals surface area contributed by atoms with Crippen LogP contribution in [0.25, 0.3) is 11.6 Å². The Kier molecular flexibility index (Phi) is 5.21. The van der Waals surface area contributed by atoms with E-state index in [0.29, 0.717) is 27.8 Å². The molecule has 1 N–H and O–H groups in total. The first-order valence-corrected chi connectivity index (χ1v) is 8.00. The van der Waals surface area contributed by atoms with Crippen LogP contribution in [0.3, 0.4) is 0 Å². The van der Waals surface area contributed by atoms with E-state index in [-0.39, 0.29) is 5.91 Å². The third-order valence-corrected chi connectivity index (χ3v) is 3.86. The van der Waals surface area contributed by atoms with Gasteiger partial charge in [0.15, 0.2) is 0 Å². The summed E-state index contributed by atoms with van der Waals surface area (Å²) in [5.74, 6) is 0.889. The van der Waals surface area contributed by atoms with Crippen LogP contribution < -0.4 is 10.1 Å². The summed E-state index contributed by atoms with van der Waals surface area (Å²) in [4.78, 5) is 12.8. The van der Waals surface area contributed by atoms with Crippen molar-refractivity contribution in [3.05, 3.63) is 83.3 Å². The number of hydrogen-bond acceptors (Lipinski definition) is 3. The Morgan fingerprint density at radius 1 is 1.12 bits per heavy atom. The molecule has 0 spiro atoms. The van der Waals surface area contributed by atoms with Crippen LogP contribution in [0.1, 0.15) is 11.3 Å². The zero-order valence-corrected chi connectivity index (χ0v) is 14.3. The van der Waals surface area contributed by atoms with Gasteiger partial charge >= 0.3 is 0 Å². The molecule has 1 aromatic heterocycles. The van der Waals surface area contributed by atoms with Crippen molar-refractivity contribution >= 4 is 34.8 Å². The molecule has 0 aliphatic carbocycles. The number of ether oxygens (including phenoxy) is 1. The highest BCUT2D eigenvalue weighted by Crippen LogP contribution is 2.28. The van der Waals surface area contributed by atoms with Gasteiger partial charge in [0.05, 0.1) is 24.0 Å². The fourth-order valence-corrected chi connectivity index (χ4v) is 2.61. The summed E-state index contributed by atoms with van der Waals surface area (Å²) < 4.78 is 10.5. The molecule has 0 saturated heterocycles. The molecule has 0 atom stereocenters. The van der Waals surface area contributed by atoms with E-state index in [0.717, 1.165) is 5.56 Å². The third kappa shape index (κ3) is 4.11. The Labute approximate surface area is 150 Å². The summed E-state index contributed by atoms with van der Waals surface area (Å²) in [6.45, 7) is 0. The van der Waals surface area contributed by atoms with Crippen LogP contribution in [0.2, 0.25) is 5.02 Å². The van der Waals surface area contributed by atoms with Gasteiger partial charge in [-0.2, -0.15) is 0 Å². The smallest absolute Gasteiger partial charge is 0.256 e. The number of amides is 1. The van der Waals surface area contributed by atoms with E-state index in [1.807, 2.05) is 30.3 Å². The first-order valence-electron chi connectivity index (χ1n) is 7.63. The van der Waals surface area contributed by atoms with Gasteiger partial charge < -0.3 is 14.5 Å². The second-order valence-electron chi connectivity index (χ2n) is 5.24. The molecule has 0 radical (unpaired) electrons. The molecule has 25 heavy (non-hydrogen) atoms. The lowest BCUT2D eigenvalue weighted by Gasteiger charge is -2.11. The van der Waals surface area contributed by atoms with Crippen molar-refractivity contribution in [2.75, 3.05) is 12.4 Å². The maximum absolute atomic E-state index is 12.8. The number of nitrogens with one attached hydrogen (secondary N) is 1. The normalized spacial score (nSPS) is 11.2. The highest BCUT2D eigenvalue weighted by Gasteiger charge is 2.14. The number of furan rings is 1. The SMILES string of the molecule is COc1ccc(NC(=O)/C(=C/c2ccco2)c2ccccc2)cc1Cl. The first kappa shape index (κ1) is 16.9. The number of benzene rings is 2.